The van der Waals surface area contributed by atoms with Crippen LogP contribution < -0.4 is 0 Å². The molecule has 0 unspecified atom stereocenters. The first-order valence-electron chi connectivity index (χ1n) is 5.23. The average molecular weight is 231 g/mol. The molecular weight excluding hydrogens is 218 g/mol. The second-order valence-electron chi connectivity index (χ2n) is 3.56. The minimum atomic E-state index is 0.649. The van der Waals surface area contributed by atoms with Crippen molar-refractivity contribution < 1.29 is 0 Å². The summed E-state index contributed by atoms with van der Waals surface area (Å²) in [6, 6.07) is 5.74. The molecule has 2 rings (SSSR count). The zero-order valence-electron chi connectivity index (χ0n) is 9.32. The van der Waals surface area contributed by atoms with Crippen molar-refractivity contribution in [3.8, 4) is 11.5 Å². The number of nitrogens with one attached hydrogen (secondary N) is 1. The average Bonchev–Trinajstić information content (AvgIpc) is 2.33. The Morgan fingerprint density at radius 2 is 2.19 bits per heavy atom. The van der Waals surface area contributed by atoms with E-state index in [4.69, 9.17) is 12.2 Å². The lowest BCUT2D eigenvalue weighted by molar-refractivity contribution is 0.963. The van der Waals surface area contributed by atoms with Gasteiger partial charge in [-0.05, 0) is 25.5 Å². The Bertz CT molecular complexity index is 546. The fourth-order valence-electron chi connectivity index (χ4n) is 1.56. The van der Waals surface area contributed by atoms with Gasteiger partial charge >= 0.3 is 0 Å². The highest BCUT2D eigenvalue weighted by Crippen LogP contribution is 2.14. The summed E-state index contributed by atoms with van der Waals surface area (Å²) >= 11 is 5.24. The number of rotatable bonds is 2. The number of pyridine rings is 1. The molecule has 4 heteroatoms. The van der Waals surface area contributed by atoms with Crippen LogP contribution in [0.1, 0.15) is 18.2 Å². The van der Waals surface area contributed by atoms with Gasteiger partial charge in [0.2, 0.25) is 0 Å². The highest BCUT2D eigenvalue weighted by molar-refractivity contribution is 7.71. The Kier molecular flexibility index (Phi) is 3.10. The summed E-state index contributed by atoms with van der Waals surface area (Å²) in [5.74, 6) is 0.744. The summed E-state index contributed by atoms with van der Waals surface area (Å²) in [6.07, 6.45) is 2.66. The summed E-state index contributed by atoms with van der Waals surface area (Å²) in [6.45, 7) is 4.09. The monoisotopic (exact) mass is 231 g/mol. The maximum absolute atomic E-state index is 5.24. The third-order valence-electron chi connectivity index (χ3n) is 2.52. The molecule has 0 amide bonds. The second kappa shape index (κ2) is 4.53. The lowest BCUT2D eigenvalue weighted by Gasteiger charge is -2.06. The van der Waals surface area contributed by atoms with E-state index in [-0.39, 0.29) is 0 Å². The molecule has 0 aliphatic carbocycles. The van der Waals surface area contributed by atoms with Crippen molar-refractivity contribution in [2.24, 2.45) is 0 Å². The van der Waals surface area contributed by atoms with Gasteiger partial charge in [-0.1, -0.05) is 25.2 Å². The topological polar surface area (TPSA) is 41.6 Å². The zero-order chi connectivity index (χ0) is 11.5. The number of aromatic amines is 1. The SMILES string of the molecule is CCc1[nH]c(-c2ccccn2)nc(=S)c1C. The molecule has 2 aromatic heterocycles. The smallest absolute Gasteiger partial charge is 0.157 e. The molecule has 3 nitrogen and oxygen atoms in total. The van der Waals surface area contributed by atoms with E-state index in [1.165, 1.54) is 0 Å². The Balaban J connectivity index is 2.60. The molecule has 0 aliphatic rings. The Morgan fingerprint density at radius 3 is 2.81 bits per heavy atom. The van der Waals surface area contributed by atoms with Crippen LogP contribution in [-0.2, 0) is 6.42 Å². The maximum Gasteiger partial charge on any atom is 0.157 e. The summed E-state index contributed by atoms with van der Waals surface area (Å²) in [5.41, 5.74) is 3.00. The first-order valence-corrected chi connectivity index (χ1v) is 5.64. The number of aryl methyl sites for hydroxylation is 1. The van der Waals surface area contributed by atoms with Crippen LogP contribution in [0.3, 0.4) is 0 Å². The van der Waals surface area contributed by atoms with Crippen molar-refractivity contribution in [3.05, 3.63) is 40.3 Å². The van der Waals surface area contributed by atoms with Gasteiger partial charge in [0.1, 0.15) is 10.3 Å². The highest BCUT2D eigenvalue weighted by atomic mass is 32.1. The van der Waals surface area contributed by atoms with Gasteiger partial charge in [-0.3, -0.25) is 4.98 Å². The number of hydrogen-bond acceptors (Lipinski definition) is 3. The third kappa shape index (κ3) is 2.02. The molecule has 0 spiro atoms. The van der Waals surface area contributed by atoms with Gasteiger partial charge in [-0.25, -0.2) is 4.98 Å². The predicted molar refractivity (Wildman–Crippen MR) is 66.8 cm³/mol. The van der Waals surface area contributed by atoms with E-state index >= 15 is 0 Å². The molecule has 0 saturated carbocycles. The van der Waals surface area contributed by atoms with Crippen molar-refractivity contribution in [2.45, 2.75) is 20.3 Å². The fourth-order valence-corrected chi connectivity index (χ4v) is 1.77. The van der Waals surface area contributed by atoms with Crippen LogP contribution in [0.4, 0.5) is 0 Å². The standard InChI is InChI=1S/C12H13N3S/c1-3-9-8(2)12(16)15-11(14-9)10-6-4-5-7-13-10/h4-7H,3H2,1-2H3,(H,14,15,16). The van der Waals surface area contributed by atoms with Crippen LogP contribution in [0.25, 0.3) is 11.5 Å². The van der Waals surface area contributed by atoms with E-state index in [9.17, 15) is 0 Å². The second-order valence-corrected chi connectivity index (χ2v) is 3.95. The van der Waals surface area contributed by atoms with E-state index in [2.05, 4.69) is 21.9 Å². The number of nitrogens with zero attached hydrogens (tertiary/aromatic N) is 2. The van der Waals surface area contributed by atoms with Gasteiger partial charge in [-0.2, -0.15) is 0 Å². The molecule has 16 heavy (non-hydrogen) atoms. The molecule has 2 heterocycles. The maximum atomic E-state index is 5.24. The molecule has 0 aromatic carbocycles. The van der Waals surface area contributed by atoms with Crippen molar-refractivity contribution in [2.75, 3.05) is 0 Å². The van der Waals surface area contributed by atoms with Crippen LogP contribution >= 0.6 is 12.2 Å². The lowest BCUT2D eigenvalue weighted by atomic mass is 10.2. The van der Waals surface area contributed by atoms with E-state index < -0.39 is 0 Å². The Hall–Kier alpha value is -1.55. The predicted octanol–water partition coefficient (Wildman–Crippen LogP) is 3.07. The number of hydrogen-bond donors (Lipinski definition) is 1. The summed E-state index contributed by atoms with van der Waals surface area (Å²) in [5, 5.41) is 0. The molecule has 0 atom stereocenters. The van der Waals surface area contributed by atoms with Gasteiger partial charge in [0.25, 0.3) is 0 Å². The quantitative estimate of drug-likeness (QED) is 0.808. The first-order chi connectivity index (χ1) is 7.72. The molecule has 1 N–H and O–H groups in total. The molecule has 0 radical (unpaired) electrons. The molecule has 0 fully saturated rings. The summed E-state index contributed by atoms with van der Waals surface area (Å²) in [7, 11) is 0. The molecule has 0 bridgehead atoms. The van der Waals surface area contributed by atoms with Crippen LogP contribution in [0, 0.1) is 11.6 Å². The molecular formula is C12H13N3S. The Labute approximate surface area is 99.6 Å². The fraction of sp³-hybridized carbons (Fsp3) is 0.250. The normalized spacial score (nSPS) is 10.4. The van der Waals surface area contributed by atoms with Crippen molar-refractivity contribution in [1.29, 1.82) is 0 Å². The molecule has 2 aromatic rings. The van der Waals surface area contributed by atoms with Crippen LogP contribution in [0.15, 0.2) is 24.4 Å². The zero-order valence-corrected chi connectivity index (χ0v) is 10.1. The van der Waals surface area contributed by atoms with Gasteiger partial charge < -0.3 is 4.98 Å². The number of aromatic nitrogens is 3. The van der Waals surface area contributed by atoms with Gasteiger partial charge in [-0.15, -0.1) is 0 Å². The van der Waals surface area contributed by atoms with Crippen molar-refractivity contribution in [3.63, 3.8) is 0 Å². The van der Waals surface area contributed by atoms with Crippen LogP contribution in [-0.4, -0.2) is 15.0 Å². The van der Waals surface area contributed by atoms with E-state index in [0.29, 0.717) is 4.64 Å². The molecule has 82 valence electrons. The van der Waals surface area contributed by atoms with Crippen LogP contribution in [0.2, 0.25) is 0 Å². The van der Waals surface area contributed by atoms with Crippen molar-refractivity contribution >= 4 is 12.2 Å². The lowest BCUT2D eigenvalue weighted by Crippen LogP contribution is -2.00. The summed E-state index contributed by atoms with van der Waals surface area (Å²) < 4.78 is 0.649. The first kappa shape index (κ1) is 11.0. The largest absolute Gasteiger partial charge is 0.342 e. The van der Waals surface area contributed by atoms with Crippen LogP contribution in [0.5, 0.6) is 0 Å². The minimum Gasteiger partial charge on any atom is -0.342 e. The van der Waals surface area contributed by atoms with Gasteiger partial charge in [0, 0.05) is 17.5 Å². The third-order valence-corrected chi connectivity index (χ3v) is 2.91. The summed E-state index contributed by atoms with van der Waals surface area (Å²) in [4.78, 5) is 11.9. The van der Waals surface area contributed by atoms with Crippen molar-refractivity contribution in [1.82, 2.24) is 15.0 Å². The molecule has 0 saturated heterocycles. The van der Waals surface area contributed by atoms with E-state index in [0.717, 1.165) is 29.2 Å². The Morgan fingerprint density at radius 1 is 1.38 bits per heavy atom. The minimum absolute atomic E-state index is 0.649. The highest BCUT2D eigenvalue weighted by Gasteiger charge is 2.05. The van der Waals surface area contributed by atoms with E-state index in [1.54, 1.807) is 6.20 Å². The molecule has 0 aliphatic heterocycles. The van der Waals surface area contributed by atoms with Gasteiger partial charge in [0.05, 0.1) is 0 Å². The van der Waals surface area contributed by atoms with E-state index in [1.807, 2.05) is 25.1 Å². The van der Waals surface area contributed by atoms with Gasteiger partial charge in [0.15, 0.2) is 5.82 Å². The number of H-pyrrole nitrogens is 1.